The quantitative estimate of drug-likeness (QED) is 0.350. The smallest absolute Gasteiger partial charge is 0.278 e. The average Bonchev–Trinajstić information content (AvgIpc) is 2.58. The van der Waals surface area contributed by atoms with Crippen molar-refractivity contribution < 1.29 is 24.2 Å². The molecule has 0 aliphatic carbocycles. The molecular weight excluding hydrogens is 470 g/mol. The van der Waals surface area contributed by atoms with E-state index in [1.165, 1.54) is 18.2 Å². The zero-order chi connectivity index (χ0) is 18.4. The van der Waals surface area contributed by atoms with Crippen molar-refractivity contribution in [2.75, 3.05) is 18.5 Å². The topological polar surface area (TPSA) is 117 Å². The predicted molar refractivity (Wildman–Crippen MR) is 96.0 cm³/mol. The fourth-order valence-corrected chi connectivity index (χ4v) is 2.26. The maximum atomic E-state index is 14.0. The molecule has 1 heterocycles. The highest BCUT2D eigenvalue weighted by Crippen LogP contribution is 2.23. The molecule has 1 unspecified atom stereocenters. The molecule has 0 radical (unpaired) electrons. The summed E-state index contributed by atoms with van der Waals surface area (Å²) in [6.45, 7) is -0.833. The Kier molecular flexibility index (Phi) is 7.25. The first-order chi connectivity index (χ1) is 11.9. The van der Waals surface area contributed by atoms with E-state index in [1.54, 1.807) is 6.07 Å². The van der Waals surface area contributed by atoms with Crippen LogP contribution in [0.15, 0.2) is 24.3 Å². The number of hydrogen-bond acceptors (Lipinski definition) is 7. The molecule has 0 saturated heterocycles. The molecular formula is C14H13ClFIN4O4. The molecule has 11 heteroatoms. The summed E-state index contributed by atoms with van der Waals surface area (Å²) in [4.78, 5) is 17.0. The highest BCUT2D eigenvalue weighted by atomic mass is 127. The molecule has 0 fully saturated rings. The summed E-state index contributed by atoms with van der Waals surface area (Å²) in [6.07, 6.45) is -1.14. The fraction of sp³-hybridized carbons (Fsp3) is 0.214. The first kappa shape index (κ1) is 19.7. The first-order valence-electron chi connectivity index (χ1n) is 6.87. The summed E-state index contributed by atoms with van der Waals surface area (Å²) in [5.74, 6) is -1.30. The van der Waals surface area contributed by atoms with E-state index < -0.39 is 24.4 Å². The molecule has 0 bridgehead atoms. The van der Waals surface area contributed by atoms with Gasteiger partial charge in [0.2, 0.25) is 0 Å². The Hall–Kier alpha value is -1.60. The monoisotopic (exact) mass is 482 g/mol. The van der Waals surface area contributed by atoms with Gasteiger partial charge in [-0.3, -0.25) is 9.63 Å². The lowest BCUT2D eigenvalue weighted by atomic mass is 10.2. The summed E-state index contributed by atoms with van der Waals surface area (Å²) in [7, 11) is 0. The van der Waals surface area contributed by atoms with Crippen molar-refractivity contribution in [2.24, 2.45) is 0 Å². The summed E-state index contributed by atoms with van der Waals surface area (Å²) in [5, 5.41) is 27.8. The second-order valence-corrected chi connectivity index (χ2v) is 6.39. The number of hydroxylamine groups is 1. The lowest BCUT2D eigenvalue weighted by molar-refractivity contribution is -0.0295. The number of rotatable bonds is 7. The zero-order valence-electron chi connectivity index (χ0n) is 12.5. The van der Waals surface area contributed by atoms with Crippen LogP contribution in [0.3, 0.4) is 0 Å². The molecule has 0 spiro atoms. The summed E-state index contributed by atoms with van der Waals surface area (Å²) in [6, 6.07) is 5.70. The maximum absolute atomic E-state index is 14.0. The predicted octanol–water partition coefficient (Wildman–Crippen LogP) is 1.63. The van der Waals surface area contributed by atoms with Crippen LogP contribution in [0.2, 0.25) is 5.15 Å². The Bertz CT molecular complexity index is 768. The number of carbonyl (C=O) groups is 1. The molecule has 2 rings (SSSR count). The molecule has 0 aliphatic rings. The number of aliphatic hydroxyl groups excluding tert-OH is 2. The number of halogens is 3. The largest absolute Gasteiger partial charge is 0.394 e. The van der Waals surface area contributed by atoms with E-state index in [4.69, 9.17) is 26.7 Å². The van der Waals surface area contributed by atoms with Gasteiger partial charge in [0, 0.05) is 3.57 Å². The second-order valence-electron chi connectivity index (χ2n) is 4.76. The van der Waals surface area contributed by atoms with Crippen LogP contribution in [0, 0.1) is 9.39 Å². The number of anilines is 2. The third-order valence-electron chi connectivity index (χ3n) is 2.84. The van der Waals surface area contributed by atoms with Crippen molar-refractivity contribution in [3.05, 3.63) is 44.4 Å². The Labute approximate surface area is 160 Å². The number of aliphatic hydroxyl groups is 2. The standard InChI is InChI=1S/C14H13ClFIN4O4/c15-12-4-9(14(24)21-25-6-8(23)5-22)13(20-19-12)18-11-2-1-7(17)3-10(11)16/h1-4,8,22-23H,5-6H2,(H,18,20)(H,21,24). The van der Waals surface area contributed by atoms with Crippen LogP contribution in [0.4, 0.5) is 15.9 Å². The van der Waals surface area contributed by atoms with Crippen molar-refractivity contribution in [3.8, 4) is 0 Å². The number of hydrogen-bond donors (Lipinski definition) is 4. The molecule has 4 N–H and O–H groups in total. The average molecular weight is 483 g/mol. The Morgan fingerprint density at radius 1 is 1.40 bits per heavy atom. The normalized spacial score (nSPS) is 11.9. The van der Waals surface area contributed by atoms with Crippen molar-refractivity contribution in [3.63, 3.8) is 0 Å². The molecule has 1 amide bonds. The number of benzene rings is 1. The zero-order valence-corrected chi connectivity index (χ0v) is 15.5. The van der Waals surface area contributed by atoms with Crippen LogP contribution in [0.25, 0.3) is 0 Å². The maximum Gasteiger partial charge on any atom is 0.278 e. The molecule has 8 nitrogen and oxygen atoms in total. The Morgan fingerprint density at radius 3 is 2.84 bits per heavy atom. The SMILES string of the molecule is O=C(NOCC(O)CO)c1cc(Cl)nnc1Nc1ccc(I)cc1F. The summed E-state index contributed by atoms with van der Waals surface area (Å²) >= 11 is 7.72. The highest BCUT2D eigenvalue weighted by Gasteiger charge is 2.17. The second kappa shape index (κ2) is 9.20. The van der Waals surface area contributed by atoms with Crippen LogP contribution < -0.4 is 10.8 Å². The molecule has 134 valence electrons. The summed E-state index contributed by atoms with van der Waals surface area (Å²) < 4.78 is 14.7. The van der Waals surface area contributed by atoms with E-state index in [-0.39, 0.29) is 28.8 Å². The van der Waals surface area contributed by atoms with Crippen LogP contribution in [0.5, 0.6) is 0 Å². The molecule has 25 heavy (non-hydrogen) atoms. The van der Waals surface area contributed by atoms with Crippen LogP contribution >= 0.6 is 34.2 Å². The van der Waals surface area contributed by atoms with Gasteiger partial charge in [-0.2, -0.15) is 0 Å². The number of nitrogens with zero attached hydrogens (tertiary/aromatic N) is 2. The van der Waals surface area contributed by atoms with Crippen molar-refractivity contribution in [1.82, 2.24) is 15.7 Å². The van der Waals surface area contributed by atoms with E-state index in [2.05, 4.69) is 21.0 Å². The van der Waals surface area contributed by atoms with Gasteiger partial charge in [-0.05, 0) is 46.9 Å². The van der Waals surface area contributed by atoms with Crippen LogP contribution in [-0.2, 0) is 4.84 Å². The molecule has 1 atom stereocenters. The van der Waals surface area contributed by atoms with Crippen molar-refractivity contribution in [1.29, 1.82) is 0 Å². The van der Waals surface area contributed by atoms with E-state index in [0.717, 1.165) is 0 Å². The van der Waals surface area contributed by atoms with Gasteiger partial charge < -0.3 is 15.5 Å². The highest BCUT2D eigenvalue weighted by molar-refractivity contribution is 14.1. The minimum atomic E-state index is -1.14. The van der Waals surface area contributed by atoms with Gasteiger partial charge >= 0.3 is 0 Å². The van der Waals surface area contributed by atoms with E-state index >= 15 is 0 Å². The number of aromatic nitrogens is 2. The molecule has 1 aromatic carbocycles. The van der Waals surface area contributed by atoms with Crippen molar-refractivity contribution in [2.45, 2.75) is 6.10 Å². The van der Waals surface area contributed by atoms with Crippen LogP contribution in [0.1, 0.15) is 10.4 Å². The van der Waals surface area contributed by atoms with Crippen LogP contribution in [-0.4, -0.2) is 45.6 Å². The fourth-order valence-electron chi connectivity index (χ4n) is 1.66. The van der Waals surface area contributed by atoms with Gasteiger partial charge in [0.25, 0.3) is 5.91 Å². The van der Waals surface area contributed by atoms with E-state index in [9.17, 15) is 9.18 Å². The minimum Gasteiger partial charge on any atom is -0.394 e. The van der Waals surface area contributed by atoms with E-state index in [0.29, 0.717) is 3.57 Å². The number of amides is 1. The van der Waals surface area contributed by atoms with Gasteiger partial charge in [-0.25, -0.2) is 9.87 Å². The molecule has 0 aliphatic heterocycles. The van der Waals surface area contributed by atoms with Gasteiger partial charge in [0.15, 0.2) is 11.0 Å². The van der Waals surface area contributed by atoms with E-state index in [1.807, 2.05) is 22.6 Å². The van der Waals surface area contributed by atoms with Gasteiger partial charge in [-0.1, -0.05) is 11.6 Å². The first-order valence-corrected chi connectivity index (χ1v) is 8.32. The molecule has 2 aromatic rings. The molecule has 1 aromatic heterocycles. The Morgan fingerprint density at radius 2 is 2.16 bits per heavy atom. The number of carbonyl (C=O) groups excluding carboxylic acids is 1. The van der Waals surface area contributed by atoms with Gasteiger partial charge in [0.1, 0.15) is 18.5 Å². The van der Waals surface area contributed by atoms with Gasteiger partial charge in [-0.15, -0.1) is 10.2 Å². The summed E-state index contributed by atoms with van der Waals surface area (Å²) in [5.41, 5.74) is 2.12. The third kappa shape index (κ3) is 5.71. The van der Waals surface area contributed by atoms with Gasteiger partial charge in [0.05, 0.1) is 17.9 Å². The third-order valence-corrected chi connectivity index (χ3v) is 3.70. The number of nitrogens with one attached hydrogen (secondary N) is 2. The minimum absolute atomic E-state index is 0.0340. The molecule has 0 saturated carbocycles. The lowest BCUT2D eigenvalue weighted by Crippen LogP contribution is -2.30. The van der Waals surface area contributed by atoms with Crippen molar-refractivity contribution >= 4 is 51.6 Å². The Balaban J connectivity index is 2.17. The lowest BCUT2D eigenvalue weighted by Gasteiger charge is -2.12.